The number of nitrogens with zero attached hydrogens (tertiary/aromatic N) is 1. The van der Waals surface area contributed by atoms with E-state index in [0.29, 0.717) is 13.0 Å². The number of aryl methyl sites for hydroxylation is 1. The fourth-order valence-electron chi connectivity index (χ4n) is 2.27. The predicted molar refractivity (Wildman–Crippen MR) is 76.8 cm³/mol. The number of methoxy groups -OCH3 is 1. The summed E-state index contributed by atoms with van der Waals surface area (Å²) in [5.41, 5.74) is 1.87. The van der Waals surface area contributed by atoms with Crippen LogP contribution in [0.5, 0.6) is 5.75 Å². The summed E-state index contributed by atoms with van der Waals surface area (Å²) in [5.74, 6) is 0.883. The molecule has 2 rings (SSSR count). The molecule has 1 unspecified atom stereocenters. The van der Waals surface area contributed by atoms with Crippen molar-refractivity contribution in [3.63, 3.8) is 0 Å². The van der Waals surface area contributed by atoms with Crippen LogP contribution in [0.25, 0.3) is 0 Å². The monoisotopic (exact) mass is 279 g/mol. The van der Waals surface area contributed by atoms with E-state index in [4.69, 9.17) is 4.74 Å². The van der Waals surface area contributed by atoms with Gasteiger partial charge in [-0.3, -0.25) is 9.59 Å². The Bertz CT molecular complexity index is 515. The highest BCUT2D eigenvalue weighted by atomic mass is 32.2. The minimum absolute atomic E-state index is 0.0607. The van der Waals surface area contributed by atoms with Crippen molar-refractivity contribution in [1.29, 1.82) is 0 Å². The predicted octanol–water partition coefficient (Wildman–Crippen LogP) is 2.39. The normalized spacial score (nSPS) is 18.8. The third kappa shape index (κ3) is 3.10. The zero-order chi connectivity index (χ0) is 14.0. The van der Waals surface area contributed by atoms with Crippen LogP contribution in [0.2, 0.25) is 0 Å². The fraction of sp³-hybridized carbons (Fsp3) is 0.429. The molecule has 0 aliphatic carbocycles. The second kappa shape index (κ2) is 5.65. The van der Waals surface area contributed by atoms with E-state index in [2.05, 4.69) is 0 Å². The van der Waals surface area contributed by atoms with E-state index in [1.807, 2.05) is 25.1 Å². The van der Waals surface area contributed by atoms with Crippen molar-refractivity contribution < 1.29 is 14.3 Å². The highest BCUT2D eigenvalue weighted by molar-refractivity contribution is 8.14. The van der Waals surface area contributed by atoms with Crippen molar-refractivity contribution in [3.05, 3.63) is 23.8 Å². The molecule has 1 aliphatic rings. The average Bonchev–Trinajstić information content (AvgIpc) is 2.69. The summed E-state index contributed by atoms with van der Waals surface area (Å²) in [6, 6.07) is 5.69. The Hall–Kier alpha value is -1.49. The van der Waals surface area contributed by atoms with Gasteiger partial charge < -0.3 is 9.64 Å². The Kier molecular flexibility index (Phi) is 4.14. The first-order valence-electron chi connectivity index (χ1n) is 6.13. The Morgan fingerprint density at radius 1 is 1.47 bits per heavy atom. The Balaban J connectivity index is 2.16. The molecule has 1 aromatic rings. The molecular formula is C14H17NO3S. The third-order valence-electron chi connectivity index (χ3n) is 3.11. The van der Waals surface area contributed by atoms with Crippen molar-refractivity contribution in [2.75, 3.05) is 18.6 Å². The van der Waals surface area contributed by atoms with Crippen molar-refractivity contribution in [1.82, 2.24) is 0 Å². The number of hydrogen-bond acceptors (Lipinski definition) is 4. The number of thioether (sulfide) groups is 1. The molecule has 0 aromatic heterocycles. The number of anilines is 1. The topological polar surface area (TPSA) is 46.6 Å². The maximum atomic E-state index is 12.0. The first-order chi connectivity index (χ1) is 9.01. The van der Waals surface area contributed by atoms with Gasteiger partial charge >= 0.3 is 0 Å². The highest BCUT2D eigenvalue weighted by Gasteiger charge is 2.31. The number of rotatable bonds is 3. The zero-order valence-corrected chi connectivity index (χ0v) is 12.1. The van der Waals surface area contributed by atoms with Crippen molar-refractivity contribution in [3.8, 4) is 5.75 Å². The van der Waals surface area contributed by atoms with Gasteiger partial charge in [-0.05, 0) is 30.7 Å². The van der Waals surface area contributed by atoms with Crippen LogP contribution in [0.1, 0.15) is 18.9 Å². The van der Waals surface area contributed by atoms with Crippen LogP contribution in [0, 0.1) is 6.92 Å². The van der Waals surface area contributed by atoms with E-state index in [-0.39, 0.29) is 16.3 Å². The highest BCUT2D eigenvalue weighted by Crippen LogP contribution is 2.31. The van der Waals surface area contributed by atoms with E-state index in [1.165, 1.54) is 18.7 Å². The maximum absolute atomic E-state index is 12.0. The molecule has 1 aliphatic heterocycles. The molecule has 1 saturated heterocycles. The van der Waals surface area contributed by atoms with Gasteiger partial charge in [-0.1, -0.05) is 11.8 Å². The van der Waals surface area contributed by atoms with Gasteiger partial charge in [0.05, 0.1) is 7.11 Å². The van der Waals surface area contributed by atoms with E-state index >= 15 is 0 Å². The smallest absolute Gasteiger partial charge is 0.228 e. The minimum atomic E-state index is 0.0607. The molecule has 0 saturated carbocycles. The summed E-state index contributed by atoms with van der Waals surface area (Å²) in [6.45, 7) is 4.08. The van der Waals surface area contributed by atoms with Gasteiger partial charge in [0.1, 0.15) is 5.75 Å². The van der Waals surface area contributed by atoms with Gasteiger partial charge in [-0.2, -0.15) is 0 Å². The van der Waals surface area contributed by atoms with E-state index < -0.39 is 0 Å². The lowest BCUT2D eigenvalue weighted by atomic mass is 10.2. The summed E-state index contributed by atoms with van der Waals surface area (Å²) in [4.78, 5) is 24.8. The van der Waals surface area contributed by atoms with Crippen LogP contribution in [0.3, 0.4) is 0 Å². The number of hydrogen-bond donors (Lipinski definition) is 0. The first kappa shape index (κ1) is 13.9. The zero-order valence-electron chi connectivity index (χ0n) is 11.3. The Morgan fingerprint density at radius 2 is 2.21 bits per heavy atom. The van der Waals surface area contributed by atoms with Gasteiger partial charge in [0.15, 0.2) is 5.12 Å². The summed E-state index contributed by atoms with van der Waals surface area (Å²) >= 11 is 1.25. The molecule has 0 radical (unpaired) electrons. The second-order valence-corrected chi connectivity index (χ2v) is 6.07. The average molecular weight is 279 g/mol. The fourth-order valence-corrected chi connectivity index (χ4v) is 3.19. The van der Waals surface area contributed by atoms with Crippen LogP contribution >= 0.6 is 11.8 Å². The lowest BCUT2D eigenvalue weighted by molar-refractivity contribution is -0.117. The summed E-state index contributed by atoms with van der Waals surface area (Å²) < 4.78 is 5.21. The number of ether oxygens (including phenoxy) is 1. The van der Waals surface area contributed by atoms with Crippen molar-refractivity contribution in [2.24, 2.45) is 0 Å². The standard InChI is InChI=1S/C14H17NO3S/c1-9-6-11(4-5-13(9)18-3)15-8-12(7-14(15)17)19-10(2)16/h4-6,12H,7-8H2,1-3H3. The van der Waals surface area contributed by atoms with Gasteiger partial charge in [0.25, 0.3) is 0 Å². The SMILES string of the molecule is COc1ccc(N2CC(SC(C)=O)CC2=O)cc1C. The number of benzene rings is 1. The number of carbonyl (C=O) groups excluding carboxylic acids is 2. The first-order valence-corrected chi connectivity index (χ1v) is 7.01. The number of amides is 1. The van der Waals surface area contributed by atoms with E-state index in [1.54, 1.807) is 12.0 Å². The molecule has 0 bridgehead atoms. The van der Waals surface area contributed by atoms with Crippen LogP contribution in [-0.2, 0) is 9.59 Å². The molecule has 1 aromatic carbocycles. The molecule has 1 amide bonds. The molecule has 0 N–H and O–H groups in total. The molecular weight excluding hydrogens is 262 g/mol. The quantitative estimate of drug-likeness (QED) is 0.852. The van der Waals surface area contributed by atoms with Crippen LogP contribution in [-0.4, -0.2) is 29.9 Å². The molecule has 4 nitrogen and oxygen atoms in total. The van der Waals surface area contributed by atoms with Crippen molar-refractivity contribution >= 4 is 28.5 Å². The summed E-state index contributed by atoms with van der Waals surface area (Å²) in [5, 5.41) is 0.123. The third-order valence-corrected chi connectivity index (χ3v) is 4.09. The van der Waals surface area contributed by atoms with Gasteiger partial charge in [-0.15, -0.1) is 0 Å². The molecule has 1 heterocycles. The van der Waals surface area contributed by atoms with Gasteiger partial charge in [0.2, 0.25) is 5.91 Å². The lowest BCUT2D eigenvalue weighted by Gasteiger charge is -2.18. The van der Waals surface area contributed by atoms with Crippen LogP contribution in [0.15, 0.2) is 18.2 Å². The largest absolute Gasteiger partial charge is 0.496 e. The molecule has 0 spiro atoms. The lowest BCUT2D eigenvalue weighted by Crippen LogP contribution is -2.25. The second-order valence-electron chi connectivity index (χ2n) is 4.59. The van der Waals surface area contributed by atoms with Crippen LogP contribution in [0.4, 0.5) is 5.69 Å². The molecule has 1 atom stereocenters. The summed E-state index contributed by atoms with van der Waals surface area (Å²) in [7, 11) is 1.63. The van der Waals surface area contributed by atoms with Gasteiger partial charge in [0, 0.05) is 30.8 Å². The maximum Gasteiger partial charge on any atom is 0.228 e. The Labute approximate surface area is 117 Å². The molecule has 102 valence electrons. The molecule has 5 heteroatoms. The minimum Gasteiger partial charge on any atom is -0.496 e. The van der Waals surface area contributed by atoms with Crippen LogP contribution < -0.4 is 9.64 Å². The number of carbonyl (C=O) groups is 2. The van der Waals surface area contributed by atoms with Gasteiger partial charge in [-0.25, -0.2) is 0 Å². The molecule has 1 fully saturated rings. The molecule has 19 heavy (non-hydrogen) atoms. The van der Waals surface area contributed by atoms with E-state index in [0.717, 1.165) is 17.0 Å². The van der Waals surface area contributed by atoms with E-state index in [9.17, 15) is 9.59 Å². The Morgan fingerprint density at radius 3 is 2.79 bits per heavy atom. The summed E-state index contributed by atoms with van der Waals surface area (Å²) in [6.07, 6.45) is 0.426. The van der Waals surface area contributed by atoms with Crippen molar-refractivity contribution in [2.45, 2.75) is 25.5 Å².